The van der Waals surface area contributed by atoms with Crippen LogP contribution in [0.1, 0.15) is 0 Å². The van der Waals surface area contributed by atoms with Crippen LogP contribution in [0.25, 0.3) is 0 Å². The fourth-order valence-corrected chi connectivity index (χ4v) is 6.42. The van der Waals surface area contributed by atoms with Crippen molar-refractivity contribution in [3.05, 3.63) is 102 Å². The molecule has 13 heteroatoms. The van der Waals surface area contributed by atoms with Gasteiger partial charge >= 0.3 is 0 Å². The molecule has 0 aliphatic rings. The van der Waals surface area contributed by atoms with E-state index in [1.807, 2.05) is 0 Å². The van der Waals surface area contributed by atoms with Crippen molar-refractivity contribution in [1.29, 1.82) is 0 Å². The summed E-state index contributed by atoms with van der Waals surface area (Å²) < 4.78 is 66.9. The Balaban J connectivity index is 1.58. The van der Waals surface area contributed by atoms with Gasteiger partial charge in [-0.2, -0.15) is 0 Å². The van der Waals surface area contributed by atoms with Crippen LogP contribution < -0.4 is 23.8 Å². The van der Waals surface area contributed by atoms with Crippen molar-refractivity contribution < 1.29 is 31.1 Å². The summed E-state index contributed by atoms with van der Waals surface area (Å²) in [5, 5.41) is 3.09. The second-order valence-electron chi connectivity index (χ2n) is 8.55. The number of carbonyl (C=O) groups excluding carboxylic acids is 1. The summed E-state index contributed by atoms with van der Waals surface area (Å²) in [5.41, 5.74) is 0.690. The van der Waals surface area contributed by atoms with Crippen LogP contribution in [0.3, 0.4) is 0 Å². The van der Waals surface area contributed by atoms with E-state index < -0.39 is 32.5 Å². The maximum Gasteiger partial charge on any atom is 0.264 e. The number of anilines is 3. The largest absolute Gasteiger partial charge is 0.497 e. The van der Waals surface area contributed by atoms with Crippen molar-refractivity contribution in [2.75, 3.05) is 35.1 Å². The van der Waals surface area contributed by atoms with Gasteiger partial charge < -0.3 is 14.8 Å². The number of amides is 1. The molecule has 0 fully saturated rings. The molecule has 2 N–H and O–H groups in total. The highest BCUT2D eigenvalue weighted by atomic mass is 35.5. The molecule has 10 nitrogen and oxygen atoms in total. The van der Waals surface area contributed by atoms with E-state index in [1.54, 1.807) is 36.4 Å². The summed E-state index contributed by atoms with van der Waals surface area (Å²) in [4.78, 5) is 13.1. The fraction of sp³-hybridized carbons (Fsp3) is 0.107. The number of carbonyl (C=O) groups is 1. The Kier molecular flexibility index (Phi) is 9.06. The first kappa shape index (κ1) is 29.7. The molecule has 214 valence electrons. The van der Waals surface area contributed by atoms with E-state index >= 15 is 0 Å². The molecule has 1 amide bonds. The number of benzene rings is 4. The first-order chi connectivity index (χ1) is 19.5. The van der Waals surface area contributed by atoms with Crippen LogP contribution in [0.2, 0.25) is 5.02 Å². The first-order valence-electron chi connectivity index (χ1n) is 12.0. The predicted molar refractivity (Wildman–Crippen MR) is 158 cm³/mol. The number of hydrogen-bond donors (Lipinski definition) is 2. The lowest BCUT2D eigenvalue weighted by Crippen LogP contribution is -2.38. The third-order valence-electron chi connectivity index (χ3n) is 5.82. The molecule has 0 saturated heterocycles. The zero-order valence-corrected chi connectivity index (χ0v) is 24.3. The third-order valence-corrected chi connectivity index (χ3v) is 9.24. The molecule has 0 saturated carbocycles. The highest BCUT2D eigenvalue weighted by Crippen LogP contribution is 2.35. The Labute approximate surface area is 243 Å². The maximum absolute atomic E-state index is 13.7. The van der Waals surface area contributed by atoms with Crippen molar-refractivity contribution in [1.82, 2.24) is 0 Å². The minimum atomic E-state index is -4.22. The molecule has 41 heavy (non-hydrogen) atoms. The lowest BCUT2D eigenvalue weighted by molar-refractivity contribution is -0.114. The van der Waals surface area contributed by atoms with Crippen molar-refractivity contribution in [2.24, 2.45) is 0 Å². The average Bonchev–Trinajstić information content (AvgIpc) is 2.97. The monoisotopic (exact) mass is 615 g/mol. The van der Waals surface area contributed by atoms with Gasteiger partial charge in [0.25, 0.3) is 20.0 Å². The van der Waals surface area contributed by atoms with E-state index in [4.69, 9.17) is 21.1 Å². The number of methoxy groups -OCH3 is 2. The second kappa shape index (κ2) is 12.5. The number of halogens is 1. The molecule has 0 spiro atoms. The van der Waals surface area contributed by atoms with Gasteiger partial charge in [-0.3, -0.25) is 13.8 Å². The second-order valence-corrected chi connectivity index (χ2v) is 12.5. The SMILES string of the molecule is COc1ccc(OC)c(N(CC(=O)Nc2ccc(S(=O)(=O)Nc3ccc(Cl)cc3)cc2)S(=O)(=O)c2ccccc2)c1. The van der Waals surface area contributed by atoms with Crippen LogP contribution in [0.4, 0.5) is 17.1 Å². The zero-order valence-electron chi connectivity index (χ0n) is 21.9. The Morgan fingerprint density at radius 2 is 1.41 bits per heavy atom. The number of nitrogens with one attached hydrogen (secondary N) is 2. The summed E-state index contributed by atoms with van der Waals surface area (Å²) in [5.74, 6) is -0.108. The zero-order chi connectivity index (χ0) is 29.6. The van der Waals surface area contributed by atoms with E-state index in [2.05, 4.69) is 10.0 Å². The van der Waals surface area contributed by atoms with Crippen molar-refractivity contribution in [3.63, 3.8) is 0 Å². The molecular weight excluding hydrogens is 590 g/mol. The van der Waals surface area contributed by atoms with E-state index in [9.17, 15) is 21.6 Å². The summed E-state index contributed by atoms with van der Waals surface area (Å²) >= 11 is 5.85. The van der Waals surface area contributed by atoms with Crippen LogP contribution in [0, 0.1) is 0 Å². The molecule has 0 aliphatic carbocycles. The van der Waals surface area contributed by atoms with Crippen molar-refractivity contribution in [3.8, 4) is 11.5 Å². The summed E-state index contributed by atoms with van der Waals surface area (Å²) in [7, 11) is -5.31. The van der Waals surface area contributed by atoms with E-state index in [0.717, 1.165) is 4.31 Å². The molecule has 0 heterocycles. The highest BCUT2D eigenvalue weighted by Gasteiger charge is 2.30. The molecule has 0 radical (unpaired) electrons. The smallest absolute Gasteiger partial charge is 0.264 e. The average molecular weight is 616 g/mol. The van der Waals surface area contributed by atoms with Crippen LogP contribution >= 0.6 is 11.6 Å². The maximum atomic E-state index is 13.7. The number of rotatable bonds is 11. The lowest BCUT2D eigenvalue weighted by atomic mass is 10.2. The minimum absolute atomic E-state index is 0.0274. The van der Waals surface area contributed by atoms with Gasteiger partial charge in [-0.25, -0.2) is 16.8 Å². The molecule has 4 aromatic carbocycles. The minimum Gasteiger partial charge on any atom is -0.497 e. The molecule has 4 aromatic rings. The fourth-order valence-electron chi connectivity index (χ4n) is 3.79. The predicted octanol–water partition coefficient (Wildman–Crippen LogP) is 4.99. The topological polar surface area (TPSA) is 131 Å². The van der Waals surface area contributed by atoms with Crippen molar-refractivity contribution >= 4 is 54.6 Å². The summed E-state index contributed by atoms with van der Waals surface area (Å²) in [6, 6.07) is 23.9. The summed E-state index contributed by atoms with van der Waals surface area (Å²) in [6.45, 7) is -0.612. The van der Waals surface area contributed by atoms with Gasteiger partial charge in [0.05, 0.1) is 29.7 Å². The Hall–Kier alpha value is -4.26. The highest BCUT2D eigenvalue weighted by molar-refractivity contribution is 7.93. The van der Waals surface area contributed by atoms with Crippen LogP contribution in [0.5, 0.6) is 11.5 Å². The number of ether oxygens (including phenoxy) is 2. The Morgan fingerprint density at radius 1 is 0.780 bits per heavy atom. The molecule has 0 aromatic heterocycles. The molecule has 0 aliphatic heterocycles. The normalized spacial score (nSPS) is 11.4. The molecule has 4 rings (SSSR count). The standard InChI is InChI=1S/C28H26ClN3O7S2/c1-38-23-14-17-27(39-2)26(18-23)32(41(36,37)25-6-4-3-5-7-25)19-28(33)30-21-12-15-24(16-13-21)40(34,35)31-22-10-8-20(29)9-11-22/h3-18,31H,19H2,1-2H3,(H,30,33). The lowest BCUT2D eigenvalue weighted by Gasteiger charge is -2.26. The number of hydrogen-bond acceptors (Lipinski definition) is 7. The Morgan fingerprint density at radius 3 is 2.02 bits per heavy atom. The van der Waals surface area contributed by atoms with Gasteiger partial charge in [0.1, 0.15) is 18.0 Å². The Bertz CT molecular complexity index is 1730. The van der Waals surface area contributed by atoms with Crippen LogP contribution in [0.15, 0.2) is 107 Å². The first-order valence-corrected chi connectivity index (χ1v) is 15.3. The van der Waals surface area contributed by atoms with Crippen LogP contribution in [-0.4, -0.2) is 43.5 Å². The van der Waals surface area contributed by atoms with Crippen LogP contribution in [-0.2, 0) is 24.8 Å². The van der Waals surface area contributed by atoms with E-state index in [-0.39, 0.29) is 26.9 Å². The van der Waals surface area contributed by atoms with Gasteiger partial charge in [-0.05, 0) is 72.8 Å². The number of nitrogens with zero attached hydrogens (tertiary/aromatic N) is 1. The van der Waals surface area contributed by atoms with Gasteiger partial charge in [-0.1, -0.05) is 29.8 Å². The van der Waals surface area contributed by atoms with E-state index in [0.29, 0.717) is 16.5 Å². The van der Waals surface area contributed by atoms with Crippen molar-refractivity contribution in [2.45, 2.75) is 9.79 Å². The van der Waals surface area contributed by atoms with Gasteiger partial charge in [0.2, 0.25) is 5.91 Å². The molecule has 0 unspecified atom stereocenters. The quantitative estimate of drug-likeness (QED) is 0.243. The molecule has 0 atom stereocenters. The van der Waals surface area contributed by atoms with Gasteiger partial charge in [-0.15, -0.1) is 0 Å². The summed E-state index contributed by atoms with van der Waals surface area (Å²) in [6.07, 6.45) is 0. The molecule has 0 bridgehead atoms. The third kappa shape index (κ3) is 7.09. The number of sulfonamides is 2. The molecular formula is C28H26ClN3O7S2. The van der Waals surface area contributed by atoms with Gasteiger partial charge in [0, 0.05) is 22.5 Å². The van der Waals surface area contributed by atoms with E-state index in [1.165, 1.54) is 74.9 Å². The van der Waals surface area contributed by atoms with Gasteiger partial charge in [0.15, 0.2) is 0 Å².